The van der Waals surface area contributed by atoms with Crippen molar-refractivity contribution < 1.29 is 4.74 Å². The first kappa shape index (κ1) is 17.6. The summed E-state index contributed by atoms with van der Waals surface area (Å²) in [5.41, 5.74) is 0.923. The number of piperidine rings is 1. The highest BCUT2D eigenvalue weighted by Gasteiger charge is 2.42. The summed E-state index contributed by atoms with van der Waals surface area (Å²) in [7, 11) is 3.72. The highest BCUT2D eigenvalue weighted by molar-refractivity contribution is 5.80. The van der Waals surface area contributed by atoms with E-state index in [1.165, 1.54) is 44.9 Å². The summed E-state index contributed by atoms with van der Waals surface area (Å²) in [4.78, 5) is 7.03. The number of ether oxygens (including phenoxy) is 1. The maximum absolute atomic E-state index is 5.25. The molecule has 1 aliphatic heterocycles. The summed E-state index contributed by atoms with van der Waals surface area (Å²) >= 11 is 0. The Bertz CT molecular complexity index is 375. The highest BCUT2D eigenvalue weighted by atomic mass is 16.5. The minimum Gasteiger partial charge on any atom is -0.385 e. The SMILES string of the molecule is CCCC1(C)CCCN(C(=NC)NCC2(CCOC)CC2)C1. The molecule has 0 bridgehead atoms. The van der Waals surface area contributed by atoms with Crippen molar-refractivity contribution in [2.75, 3.05) is 40.4 Å². The molecule has 0 aromatic rings. The van der Waals surface area contributed by atoms with Crippen LogP contribution in [0.1, 0.15) is 58.8 Å². The van der Waals surface area contributed by atoms with Gasteiger partial charge in [0.25, 0.3) is 0 Å². The second-order valence-corrected chi connectivity index (χ2v) is 7.73. The van der Waals surface area contributed by atoms with Gasteiger partial charge in [-0.25, -0.2) is 0 Å². The van der Waals surface area contributed by atoms with E-state index in [2.05, 4.69) is 29.1 Å². The number of aliphatic imine (C=N–C) groups is 1. The number of rotatable bonds is 7. The van der Waals surface area contributed by atoms with Crippen LogP contribution in [-0.4, -0.2) is 51.3 Å². The van der Waals surface area contributed by atoms with Gasteiger partial charge in [0.2, 0.25) is 0 Å². The van der Waals surface area contributed by atoms with Gasteiger partial charge >= 0.3 is 0 Å². The van der Waals surface area contributed by atoms with Gasteiger partial charge in [0.15, 0.2) is 5.96 Å². The number of methoxy groups -OCH3 is 1. The van der Waals surface area contributed by atoms with Gasteiger partial charge in [-0.2, -0.15) is 0 Å². The maximum atomic E-state index is 5.25. The van der Waals surface area contributed by atoms with E-state index in [0.29, 0.717) is 10.8 Å². The van der Waals surface area contributed by atoms with Gasteiger partial charge in [0.05, 0.1) is 0 Å². The topological polar surface area (TPSA) is 36.9 Å². The van der Waals surface area contributed by atoms with E-state index in [4.69, 9.17) is 4.74 Å². The van der Waals surface area contributed by atoms with Crippen LogP contribution in [0.2, 0.25) is 0 Å². The molecule has 1 saturated heterocycles. The molecule has 2 fully saturated rings. The molecule has 0 aromatic carbocycles. The highest BCUT2D eigenvalue weighted by Crippen LogP contribution is 2.48. The van der Waals surface area contributed by atoms with Crippen molar-refractivity contribution in [1.82, 2.24) is 10.2 Å². The molecule has 1 atom stereocenters. The summed E-state index contributed by atoms with van der Waals surface area (Å²) in [5, 5.41) is 3.65. The lowest BCUT2D eigenvalue weighted by Gasteiger charge is -2.42. The average Bonchev–Trinajstić information content (AvgIpc) is 3.26. The smallest absolute Gasteiger partial charge is 0.193 e. The number of nitrogens with zero attached hydrogens (tertiary/aromatic N) is 2. The van der Waals surface area contributed by atoms with Crippen LogP contribution < -0.4 is 5.32 Å². The molecule has 2 rings (SSSR count). The lowest BCUT2D eigenvalue weighted by Crippen LogP contribution is -2.50. The van der Waals surface area contributed by atoms with Gasteiger partial charge in [-0.15, -0.1) is 0 Å². The summed E-state index contributed by atoms with van der Waals surface area (Å²) < 4.78 is 5.25. The van der Waals surface area contributed by atoms with Crippen LogP contribution in [0.25, 0.3) is 0 Å². The lowest BCUT2D eigenvalue weighted by molar-refractivity contribution is 0.141. The fourth-order valence-corrected chi connectivity index (χ4v) is 3.91. The summed E-state index contributed by atoms with van der Waals surface area (Å²) in [6.07, 6.45) is 9.05. The standard InChI is InChI=1S/C18H35N3O/c1-5-7-17(2)8-6-12-21(15-17)16(19-3)20-14-18(9-10-18)11-13-22-4/h5-15H2,1-4H3,(H,19,20). The van der Waals surface area contributed by atoms with Crippen molar-refractivity contribution in [2.24, 2.45) is 15.8 Å². The van der Waals surface area contributed by atoms with Crippen molar-refractivity contribution in [1.29, 1.82) is 0 Å². The molecule has 128 valence electrons. The first-order valence-electron chi connectivity index (χ1n) is 9.01. The van der Waals surface area contributed by atoms with Crippen LogP contribution >= 0.6 is 0 Å². The predicted molar refractivity (Wildman–Crippen MR) is 93.3 cm³/mol. The van der Waals surface area contributed by atoms with Crippen LogP contribution in [0.15, 0.2) is 4.99 Å². The zero-order valence-electron chi connectivity index (χ0n) is 15.1. The molecule has 22 heavy (non-hydrogen) atoms. The van der Waals surface area contributed by atoms with Gasteiger partial charge in [0.1, 0.15) is 0 Å². The van der Waals surface area contributed by atoms with Crippen molar-refractivity contribution in [3.05, 3.63) is 0 Å². The zero-order valence-corrected chi connectivity index (χ0v) is 15.1. The Kier molecular flexibility index (Phi) is 6.13. The lowest BCUT2D eigenvalue weighted by atomic mass is 9.78. The molecular weight excluding hydrogens is 274 g/mol. The Balaban J connectivity index is 1.86. The second-order valence-electron chi connectivity index (χ2n) is 7.73. The van der Waals surface area contributed by atoms with E-state index in [0.717, 1.165) is 32.2 Å². The van der Waals surface area contributed by atoms with E-state index < -0.39 is 0 Å². The third kappa shape index (κ3) is 4.61. The van der Waals surface area contributed by atoms with E-state index in [9.17, 15) is 0 Å². The summed E-state index contributed by atoms with van der Waals surface area (Å²) in [6.45, 7) is 8.94. The van der Waals surface area contributed by atoms with Crippen LogP contribution in [0.5, 0.6) is 0 Å². The Hall–Kier alpha value is -0.770. The Labute approximate surface area is 136 Å². The second kappa shape index (κ2) is 7.67. The molecule has 1 saturated carbocycles. The number of nitrogens with one attached hydrogen (secondary N) is 1. The summed E-state index contributed by atoms with van der Waals surface area (Å²) in [6, 6.07) is 0. The molecule has 1 unspecified atom stereocenters. The average molecular weight is 309 g/mol. The molecule has 0 amide bonds. The van der Waals surface area contributed by atoms with Gasteiger partial charge < -0.3 is 15.0 Å². The van der Waals surface area contributed by atoms with Crippen molar-refractivity contribution in [2.45, 2.75) is 58.8 Å². The van der Waals surface area contributed by atoms with Gasteiger partial charge in [-0.05, 0) is 49.4 Å². The molecule has 0 radical (unpaired) electrons. The fraction of sp³-hybridized carbons (Fsp3) is 0.944. The normalized spacial score (nSPS) is 27.8. The minimum absolute atomic E-state index is 0.456. The molecule has 4 heteroatoms. The molecule has 4 nitrogen and oxygen atoms in total. The van der Waals surface area contributed by atoms with Crippen molar-refractivity contribution in [3.63, 3.8) is 0 Å². The third-order valence-electron chi connectivity index (χ3n) is 5.56. The van der Waals surface area contributed by atoms with Crippen LogP contribution in [0, 0.1) is 10.8 Å². The molecule has 1 heterocycles. The first-order chi connectivity index (χ1) is 10.6. The third-order valence-corrected chi connectivity index (χ3v) is 5.56. The Morgan fingerprint density at radius 1 is 1.27 bits per heavy atom. The zero-order chi connectivity index (χ0) is 16.1. The molecule has 0 aromatic heterocycles. The minimum atomic E-state index is 0.456. The van der Waals surface area contributed by atoms with Gasteiger partial charge in [-0.3, -0.25) is 4.99 Å². The van der Waals surface area contributed by atoms with Gasteiger partial charge in [-0.1, -0.05) is 20.3 Å². The van der Waals surface area contributed by atoms with Gasteiger partial charge in [0, 0.05) is 40.4 Å². The quantitative estimate of drug-likeness (QED) is 0.579. The number of likely N-dealkylation sites (tertiary alicyclic amines) is 1. The van der Waals surface area contributed by atoms with E-state index >= 15 is 0 Å². The molecule has 2 aliphatic rings. The van der Waals surface area contributed by atoms with Crippen molar-refractivity contribution in [3.8, 4) is 0 Å². The largest absolute Gasteiger partial charge is 0.385 e. The molecule has 1 aliphatic carbocycles. The number of guanidine groups is 1. The van der Waals surface area contributed by atoms with Crippen LogP contribution in [0.3, 0.4) is 0 Å². The number of hydrogen-bond acceptors (Lipinski definition) is 2. The predicted octanol–water partition coefficient (Wildman–Crippen LogP) is 3.28. The van der Waals surface area contributed by atoms with E-state index in [1.54, 1.807) is 7.11 Å². The van der Waals surface area contributed by atoms with Crippen LogP contribution in [-0.2, 0) is 4.74 Å². The molecule has 1 N–H and O–H groups in total. The molecular formula is C18H35N3O. The van der Waals surface area contributed by atoms with Crippen molar-refractivity contribution >= 4 is 5.96 Å². The maximum Gasteiger partial charge on any atom is 0.193 e. The Morgan fingerprint density at radius 2 is 2.05 bits per heavy atom. The summed E-state index contributed by atoms with van der Waals surface area (Å²) in [5.74, 6) is 1.10. The van der Waals surface area contributed by atoms with E-state index in [-0.39, 0.29) is 0 Å². The first-order valence-corrected chi connectivity index (χ1v) is 9.01. The van der Waals surface area contributed by atoms with Crippen LogP contribution in [0.4, 0.5) is 0 Å². The monoisotopic (exact) mass is 309 g/mol. The Morgan fingerprint density at radius 3 is 2.64 bits per heavy atom. The molecule has 0 spiro atoms. The number of hydrogen-bond donors (Lipinski definition) is 1. The van der Waals surface area contributed by atoms with E-state index in [1.807, 2.05) is 7.05 Å². The fourth-order valence-electron chi connectivity index (χ4n) is 3.91.